The maximum absolute atomic E-state index is 11.6. The van der Waals surface area contributed by atoms with E-state index in [0.717, 1.165) is 28.2 Å². The molecule has 0 aliphatic heterocycles. The number of pyridine rings is 1. The number of benzene rings is 1. The zero-order valence-corrected chi connectivity index (χ0v) is 14.1. The van der Waals surface area contributed by atoms with Crippen molar-refractivity contribution in [1.82, 2.24) is 9.55 Å². The molecule has 0 atom stereocenters. The maximum atomic E-state index is 11.6. The first-order chi connectivity index (χ1) is 10.9. The maximum Gasteiger partial charge on any atom is 0.175 e. The Hall–Kier alpha value is -2.40. The van der Waals surface area contributed by atoms with Crippen molar-refractivity contribution in [3.63, 3.8) is 0 Å². The van der Waals surface area contributed by atoms with Gasteiger partial charge in [-0.2, -0.15) is 0 Å². The van der Waals surface area contributed by atoms with E-state index in [4.69, 9.17) is 0 Å². The van der Waals surface area contributed by atoms with Crippen LogP contribution in [0.2, 0.25) is 0 Å². The normalized spacial score (nSPS) is 11.6. The van der Waals surface area contributed by atoms with Gasteiger partial charge in [0.25, 0.3) is 0 Å². The third-order valence-electron chi connectivity index (χ3n) is 3.91. The Morgan fingerprint density at radius 3 is 2.26 bits per heavy atom. The van der Waals surface area contributed by atoms with Gasteiger partial charge in [0, 0.05) is 18.1 Å². The van der Waals surface area contributed by atoms with Gasteiger partial charge in [0.15, 0.2) is 9.84 Å². The molecule has 118 valence electrons. The summed E-state index contributed by atoms with van der Waals surface area (Å²) in [5, 5.41) is 0. The number of nitrogens with zero attached hydrogens (tertiary/aromatic N) is 2. The molecule has 3 aromatic rings. The molecule has 3 rings (SSSR count). The summed E-state index contributed by atoms with van der Waals surface area (Å²) in [5.74, 6) is 0. The molecule has 0 fully saturated rings. The van der Waals surface area contributed by atoms with E-state index >= 15 is 0 Å². The van der Waals surface area contributed by atoms with Crippen LogP contribution in [-0.4, -0.2) is 24.2 Å². The Kier molecular flexibility index (Phi) is 3.82. The van der Waals surface area contributed by atoms with Crippen LogP contribution >= 0.6 is 0 Å². The van der Waals surface area contributed by atoms with Crippen LogP contribution in [-0.2, 0) is 9.84 Å². The lowest BCUT2D eigenvalue weighted by Crippen LogP contribution is -2.02. The van der Waals surface area contributed by atoms with Crippen LogP contribution in [0, 0.1) is 13.8 Å². The molecule has 5 heteroatoms. The summed E-state index contributed by atoms with van der Waals surface area (Å²) in [7, 11) is -3.18. The van der Waals surface area contributed by atoms with Crippen LogP contribution in [0.1, 0.15) is 11.3 Å². The second-order valence-electron chi connectivity index (χ2n) is 5.65. The predicted molar refractivity (Wildman–Crippen MR) is 91.6 cm³/mol. The van der Waals surface area contributed by atoms with Gasteiger partial charge in [-0.25, -0.2) is 8.42 Å². The van der Waals surface area contributed by atoms with Gasteiger partial charge in [0.2, 0.25) is 0 Å². The number of hydrogen-bond donors (Lipinski definition) is 0. The topological polar surface area (TPSA) is 52.0 Å². The highest BCUT2D eigenvalue weighted by atomic mass is 32.2. The molecule has 0 bridgehead atoms. The number of rotatable bonds is 3. The van der Waals surface area contributed by atoms with E-state index in [9.17, 15) is 8.42 Å². The Bertz CT molecular complexity index is 955. The van der Waals surface area contributed by atoms with Crippen LogP contribution in [0.3, 0.4) is 0 Å². The second-order valence-corrected chi connectivity index (χ2v) is 7.67. The third kappa shape index (κ3) is 2.92. The zero-order chi connectivity index (χ0) is 16.6. The molecule has 4 nitrogen and oxygen atoms in total. The summed E-state index contributed by atoms with van der Waals surface area (Å²) < 4.78 is 25.3. The predicted octanol–water partition coefficient (Wildman–Crippen LogP) is 3.56. The van der Waals surface area contributed by atoms with E-state index in [-0.39, 0.29) is 0 Å². The number of aromatic nitrogens is 2. The van der Waals surface area contributed by atoms with E-state index < -0.39 is 9.84 Å². The fourth-order valence-corrected chi connectivity index (χ4v) is 3.28. The van der Waals surface area contributed by atoms with Crippen molar-refractivity contribution >= 4 is 9.84 Å². The van der Waals surface area contributed by atoms with Crippen molar-refractivity contribution in [1.29, 1.82) is 0 Å². The highest BCUT2D eigenvalue weighted by Gasteiger charge is 2.13. The zero-order valence-electron chi connectivity index (χ0n) is 13.3. The molecule has 0 unspecified atom stereocenters. The number of sulfone groups is 1. The molecule has 0 saturated carbocycles. The van der Waals surface area contributed by atoms with Gasteiger partial charge >= 0.3 is 0 Å². The summed E-state index contributed by atoms with van der Waals surface area (Å²) in [6, 6.07) is 13.0. The SMILES string of the molecule is Cc1ccncc1-n1c(C)ccc1-c1ccc(S(C)(=O)=O)cc1. The highest BCUT2D eigenvalue weighted by molar-refractivity contribution is 7.90. The average Bonchev–Trinajstić information content (AvgIpc) is 2.89. The van der Waals surface area contributed by atoms with Gasteiger partial charge in [0.1, 0.15) is 0 Å². The van der Waals surface area contributed by atoms with E-state index in [1.54, 1.807) is 18.3 Å². The van der Waals surface area contributed by atoms with Crippen LogP contribution < -0.4 is 0 Å². The smallest absolute Gasteiger partial charge is 0.175 e. The minimum Gasteiger partial charge on any atom is -0.312 e. The summed E-state index contributed by atoms with van der Waals surface area (Å²) in [4.78, 5) is 4.55. The molecule has 0 N–H and O–H groups in total. The first-order valence-electron chi connectivity index (χ1n) is 7.28. The molecule has 1 aromatic carbocycles. The van der Waals surface area contributed by atoms with Gasteiger partial charge in [-0.05, 0) is 55.3 Å². The molecule has 23 heavy (non-hydrogen) atoms. The molecule has 0 saturated heterocycles. The third-order valence-corrected chi connectivity index (χ3v) is 5.04. The number of hydrogen-bond acceptors (Lipinski definition) is 3. The summed E-state index contributed by atoms with van der Waals surface area (Å²) in [5.41, 5.74) is 5.24. The highest BCUT2D eigenvalue weighted by Crippen LogP contribution is 2.28. The van der Waals surface area contributed by atoms with Crippen molar-refractivity contribution in [3.05, 3.63) is 66.1 Å². The minimum absolute atomic E-state index is 0.327. The molecule has 2 heterocycles. The van der Waals surface area contributed by atoms with Crippen molar-refractivity contribution in [2.45, 2.75) is 18.7 Å². The standard InChI is InChI=1S/C18H18N2O2S/c1-13-10-11-19-12-18(13)20-14(2)4-9-17(20)15-5-7-16(8-6-15)23(3,21)22/h4-12H,1-3H3. The van der Waals surface area contributed by atoms with Gasteiger partial charge in [-0.15, -0.1) is 0 Å². The summed E-state index contributed by atoms with van der Waals surface area (Å²) >= 11 is 0. The first kappa shape index (κ1) is 15.5. The van der Waals surface area contributed by atoms with E-state index in [1.165, 1.54) is 6.26 Å². The Morgan fingerprint density at radius 2 is 1.65 bits per heavy atom. The fourth-order valence-electron chi connectivity index (χ4n) is 2.65. The summed E-state index contributed by atoms with van der Waals surface area (Å²) in [6.07, 6.45) is 4.84. The molecule has 2 aromatic heterocycles. The van der Waals surface area contributed by atoms with Crippen LogP contribution in [0.15, 0.2) is 59.8 Å². The van der Waals surface area contributed by atoms with Crippen molar-refractivity contribution < 1.29 is 8.42 Å². The number of aryl methyl sites for hydroxylation is 2. The van der Waals surface area contributed by atoms with Crippen LogP contribution in [0.25, 0.3) is 16.9 Å². The fraction of sp³-hybridized carbons (Fsp3) is 0.167. The van der Waals surface area contributed by atoms with E-state index in [2.05, 4.69) is 9.55 Å². The first-order valence-corrected chi connectivity index (χ1v) is 9.17. The Balaban J connectivity index is 2.14. The van der Waals surface area contributed by atoms with Crippen LogP contribution in [0.4, 0.5) is 0 Å². The van der Waals surface area contributed by atoms with Gasteiger partial charge in [-0.1, -0.05) is 12.1 Å². The molecular formula is C18H18N2O2S. The van der Waals surface area contributed by atoms with Gasteiger partial charge < -0.3 is 4.57 Å². The lowest BCUT2D eigenvalue weighted by Gasteiger charge is -2.14. The minimum atomic E-state index is -3.18. The van der Waals surface area contributed by atoms with Gasteiger partial charge in [-0.3, -0.25) is 4.98 Å². The average molecular weight is 326 g/mol. The monoisotopic (exact) mass is 326 g/mol. The molecule has 0 aliphatic carbocycles. The molecule has 0 spiro atoms. The van der Waals surface area contributed by atoms with Gasteiger partial charge in [0.05, 0.1) is 22.5 Å². The lowest BCUT2D eigenvalue weighted by molar-refractivity contribution is 0.602. The molecule has 0 aliphatic rings. The quantitative estimate of drug-likeness (QED) is 0.739. The summed E-state index contributed by atoms with van der Waals surface area (Å²) in [6.45, 7) is 4.09. The second kappa shape index (κ2) is 5.66. The molecular weight excluding hydrogens is 308 g/mol. The van der Waals surface area contributed by atoms with Crippen molar-refractivity contribution in [3.8, 4) is 16.9 Å². The Morgan fingerprint density at radius 1 is 0.957 bits per heavy atom. The van der Waals surface area contributed by atoms with E-state index in [0.29, 0.717) is 4.90 Å². The van der Waals surface area contributed by atoms with Crippen molar-refractivity contribution in [2.75, 3.05) is 6.26 Å². The van der Waals surface area contributed by atoms with E-state index in [1.807, 2.05) is 50.4 Å². The Labute approximate surface area is 136 Å². The molecule has 0 radical (unpaired) electrons. The molecule has 0 amide bonds. The largest absolute Gasteiger partial charge is 0.312 e. The van der Waals surface area contributed by atoms with Crippen molar-refractivity contribution in [2.24, 2.45) is 0 Å². The van der Waals surface area contributed by atoms with Crippen LogP contribution in [0.5, 0.6) is 0 Å². The lowest BCUT2D eigenvalue weighted by atomic mass is 10.1.